The van der Waals surface area contributed by atoms with Gasteiger partial charge in [0.25, 0.3) is 0 Å². The van der Waals surface area contributed by atoms with E-state index < -0.39 is 23.2 Å². The lowest BCUT2D eigenvalue weighted by Crippen LogP contribution is -2.40. The van der Waals surface area contributed by atoms with Crippen LogP contribution in [-0.2, 0) is 20.7 Å². The van der Waals surface area contributed by atoms with Gasteiger partial charge >= 0.3 is 11.9 Å². The second kappa shape index (κ2) is 6.02. The van der Waals surface area contributed by atoms with Gasteiger partial charge in [-0.15, -0.1) is 0 Å². The molecule has 0 amide bonds. The number of carbonyl (C=O) groups is 2. The molecule has 6 heteroatoms. The van der Waals surface area contributed by atoms with E-state index in [2.05, 4.69) is 0 Å². The maximum Gasteiger partial charge on any atom is 0.323 e. The van der Waals surface area contributed by atoms with Gasteiger partial charge in [0.2, 0.25) is 0 Å². The number of carboxylic acid groups (broad SMARTS) is 1. The van der Waals surface area contributed by atoms with Crippen LogP contribution >= 0.6 is 11.6 Å². The molecule has 19 heavy (non-hydrogen) atoms. The Kier molecular flexibility index (Phi) is 4.89. The molecule has 0 aliphatic carbocycles. The molecular weight excluding hydrogens is 275 g/mol. The monoisotopic (exact) mass is 288 g/mol. The van der Waals surface area contributed by atoms with Crippen LogP contribution in [0, 0.1) is 11.2 Å². The number of aliphatic carboxylic acids is 1. The number of hydrogen-bond donors (Lipinski definition) is 1. The molecule has 0 saturated heterocycles. The van der Waals surface area contributed by atoms with Crippen LogP contribution in [0.5, 0.6) is 0 Å². The normalized spacial score (nSPS) is 13.7. The minimum Gasteiger partial charge on any atom is -0.480 e. The Morgan fingerprint density at radius 2 is 2.11 bits per heavy atom. The summed E-state index contributed by atoms with van der Waals surface area (Å²) in [6.07, 6.45) is -0.301. The van der Waals surface area contributed by atoms with E-state index in [4.69, 9.17) is 16.3 Å². The third-order valence-electron chi connectivity index (χ3n) is 2.76. The van der Waals surface area contributed by atoms with Gasteiger partial charge in [-0.05, 0) is 31.5 Å². The second-order valence-corrected chi connectivity index (χ2v) is 4.71. The van der Waals surface area contributed by atoms with Gasteiger partial charge in [0, 0.05) is 11.4 Å². The molecule has 0 saturated carbocycles. The second-order valence-electron chi connectivity index (χ2n) is 4.27. The van der Waals surface area contributed by atoms with Crippen molar-refractivity contribution >= 4 is 23.5 Å². The van der Waals surface area contributed by atoms with Gasteiger partial charge in [-0.3, -0.25) is 9.59 Å². The summed E-state index contributed by atoms with van der Waals surface area (Å²) in [6, 6.07) is 3.87. The lowest BCUT2D eigenvalue weighted by Gasteiger charge is -2.22. The van der Waals surface area contributed by atoms with Crippen LogP contribution in [0.4, 0.5) is 4.39 Å². The van der Waals surface area contributed by atoms with E-state index in [-0.39, 0.29) is 23.6 Å². The molecular formula is C13H14ClFO4. The topological polar surface area (TPSA) is 63.6 Å². The fourth-order valence-electron chi connectivity index (χ4n) is 1.57. The lowest BCUT2D eigenvalue weighted by molar-refractivity contribution is -0.167. The number of carbonyl (C=O) groups excluding carboxylic acids is 1. The molecule has 0 fully saturated rings. The Morgan fingerprint density at radius 1 is 1.47 bits per heavy atom. The van der Waals surface area contributed by atoms with Crippen molar-refractivity contribution in [1.82, 2.24) is 0 Å². The third kappa shape index (κ3) is 3.44. The van der Waals surface area contributed by atoms with Crippen LogP contribution in [0.3, 0.4) is 0 Å². The standard InChI is InChI=1S/C13H14ClFO4/c1-3-19-12(18)13(2,11(16)17)7-8-4-5-9(14)6-10(8)15/h4-6H,3,7H2,1-2H3,(H,16,17). The molecule has 0 spiro atoms. The molecule has 0 heterocycles. The van der Waals surface area contributed by atoms with E-state index in [1.807, 2.05) is 0 Å². The van der Waals surface area contributed by atoms with Crippen LogP contribution in [0.25, 0.3) is 0 Å². The van der Waals surface area contributed by atoms with Crippen molar-refractivity contribution in [3.8, 4) is 0 Å². The first kappa shape index (κ1) is 15.4. The number of hydrogen-bond acceptors (Lipinski definition) is 3. The molecule has 0 radical (unpaired) electrons. The van der Waals surface area contributed by atoms with Gasteiger partial charge in [0.1, 0.15) is 5.82 Å². The average Bonchev–Trinajstić information content (AvgIpc) is 2.32. The molecule has 0 aromatic heterocycles. The summed E-state index contributed by atoms with van der Waals surface area (Å²) in [5, 5.41) is 9.39. The van der Waals surface area contributed by atoms with Crippen molar-refractivity contribution in [3.05, 3.63) is 34.6 Å². The largest absolute Gasteiger partial charge is 0.480 e. The minimum atomic E-state index is -1.83. The Labute approximate surface area is 115 Å². The van der Waals surface area contributed by atoms with Crippen molar-refractivity contribution < 1.29 is 23.8 Å². The Balaban J connectivity index is 3.08. The van der Waals surface area contributed by atoms with Crippen LogP contribution in [0.2, 0.25) is 5.02 Å². The molecule has 0 bridgehead atoms. The van der Waals surface area contributed by atoms with E-state index in [1.54, 1.807) is 6.92 Å². The number of halogens is 2. The number of benzene rings is 1. The van der Waals surface area contributed by atoms with Gasteiger partial charge in [-0.1, -0.05) is 17.7 Å². The van der Waals surface area contributed by atoms with E-state index in [0.29, 0.717) is 0 Å². The summed E-state index contributed by atoms with van der Waals surface area (Å²) >= 11 is 5.62. The van der Waals surface area contributed by atoms with Crippen molar-refractivity contribution in [2.75, 3.05) is 6.61 Å². The molecule has 1 aromatic rings. The van der Waals surface area contributed by atoms with E-state index >= 15 is 0 Å². The highest BCUT2D eigenvalue weighted by molar-refractivity contribution is 6.30. The van der Waals surface area contributed by atoms with Crippen LogP contribution in [-0.4, -0.2) is 23.7 Å². The molecule has 0 aliphatic heterocycles. The summed E-state index contributed by atoms with van der Waals surface area (Å²) in [6.45, 7) is 2.84. The fourth-order valence-corrected chi connectivity index (χ4v) is 1.73. The summed E-state index contributed by atoms with van der Waals surface area (Å²) in [5.74, 6) is -2.90. The van der Waals surface area contributed by atoms with E-state index in [9.17, 15) is 19.1 Å². The summed E-state index contributed by atoms with van der Waals surface area (Å²) in [7, 11) is 0. The number of rotatable bonds is 5. The zero-order valence-electron chi connectivity index (χ0n) is 10.6. The Bertz CT molecular complexity index is 503. The molecule has 4 nitrogen and oxygen atoms in total. The summed E-state index contributed by atoms with van der Waals surface area (Å²) in [4.78, 5) is 23.0. The molecule has 1 N–H and O–H groups in total. The Morgan fingerprint density at radius 3 is 2.58 bits per heavy atom. The van der Waals surface area contributed by atoms with Crippen molar-refractivity contribution in [2.24, 2.45) is 5.41 Å². The lowest BCUT2D eigenvalue weighted by atomic mass is 9.83. The molecule has 1 unspecified atom stereocenters. The van der Waals surface area contributed by atoms with Crippen LogP contribution < -0.4 is 0 Å². The highest BCUT2D eigenvalue weighted by atomic mass is 35.5. The molecule has 1 rings (SSSR count). The zero-order chi connectivity index (χ0) is 14.6. The van der Waals surface area contributed by atoms with Crippen molar-refractivity contribution in [1.29, 1.82) is 0 Å². The number of esters is 1. The maximum absolute atomic E-state index is 13.7. The van der Waals surface area contributed by atoms with Gasteiger partial charge in [-0.2, -0.15) is 0 Å². The first-order valence-electron chi connectivity index (χ1n) is 5.65. The van der Waals surface area contributed by atoms with Gasteiger partial charge in [0.05, 0.1) is 6.61 Å². The molecule has 1 atom stereocenters. The third-order valence-corrected chi connectivity index (χ3v) is 2.99. The smallest absolute Gasteiger partial charge is 0.323 e. The molecule has 1 aromatic carbocycles. The predicted octanol–water partition coefficient (Wildman–Crippen LogP) is 2.68. The quantitative estimate of drug-likeness (QED) is 0.668. The summed E-state index contributed by atoms with van der Waals surface area (Å²) in [5.41, 5.74) is -1.73. The molecule has 0 aliphatic rings. The van der Waals surface area contributed by atoms with Gasteiger partial charge in [-0.25, -0.2) is 4.39 Å². The average molecular weight is 289 g/mol. The van der Waals surface area contributed by atoms with E-state index in [1.165, 1.54) is 19.1 Å². The van der Waals surface area contributed by atoms with E-state index in [0.717, 1.165) is 6.07 Å². The minimum absolute atomic E-state index is 0.0603. The van der Waals surface area contributed by atoms with Crippen molar-refractivity contribution in [3.63, 3.8) is 0 Å². The predicted molar refractivity (Wildman–Crippen MR) is 67.5 cm³/mol. The first-order chi connectivity index (χ1) is 8.81. The summed E-state index contributed by atoms with van der Waals surface area (Å²) < 4.78 is 18.4. The Hall–Kier alpha value is -1.62. The van der Waals surface area contributed by atoms with Gasteiger partial charge < -0.3 is 9.84 Å². The van der Waals surface area contributed by atoms with Crippen molar-refractivity contribution in [2.45, 2.75) is 20.3 Å². The number of carboxylic acids is 1. The van der Waals surface area contributed by atoms with Crippen LogP contribution in [0.15, 0.2) is 18.2 Å². The highest BCUT2D eigenvalue weighted by Gasteiger charge is 2.43. The highest BCUT2D eigenvalue weighted by Crippen LogP contribution is 2.27. The SMILES string of the molecule is CCOC(=O)C(C)(Cc1ccc(Cl)cc1F)C(=O)O. The van der Waals surface area contributed by atoms with Crippen LogP contribution in [0.1, 0.15) is 19.4 Å². The fraction of sp³-hybridized carbons (Fsp3) is 0.385. The zero-order valence-corrected chi connectivity index (χ0v) is 11.3. The first-order valence-corrected chi connectivity index (χ1v) is 6.03. The molecule has 104 valence electrons. The number of ether oxygens (including phenoxy) is 1. The maximum atomic E-state index is 13.7. The van der Waals surface area contributed by atoms with Gasteiger partial charge in [0.15, 0.2) is 5.41 Å².